The first-order valence-corrected chi connectivity index (χ1v) is 9.07. The third kappa shape index (κ3) is 3.64. The summed E-state index contributed by atoms with van der Waals surface area (Å²) in [5.41, 5.74) is 1.25. The minimum atomic E-state index is -1.54. The molecule has 1 fully saturated rings. The molecule has 5 unspecified atom stereocenters. The van der Waals surface area contributed by atoms with Gasteiger partial charge in [0.05, 0.1) is 17.6 Å². The van der Waals surface area contributed by atoms with E-state index in [-0.39, 0.29) is 16.8 Å². The molecule has 5 atom stereocenters. The zero-order valence-electron chi connectivity index (χ0n) is 15.2. The van der Waals surface area contributed by atoms with E-state index < -0.39 is 37.3 Å². The SMILES string of the molecule is O=c1c(-c2ccccc2)coc2cc(OC3OC(CO)C(O)C(O)C3O)ccc12. The smallest absolute Gasteiger partial charge is 0.229 e. The largest absolute Gasteiger partial charge is 0.463 e. The molecule has 2 aromatic carbocycles. The van der Waals surface area contributed by atoms with Crippen LogP contribution in [0.4, 0.5) is 0 Å². The van der Waals surface area contributed by atoms with Crippen LogP contribution < -0.4 is 10.2 Å². The first kappa shape index (κ1) is 19.6. The average Bonchev–Trinajstić information content (AvgIpc) is 2.75. The van der Waals surface area contributed by atoms with Gasteiger partial charge in [-0.1, -0.05) is 30.3 Å². The van der Waals surface area contributed by atoms with Gasteiger partial charge in [0.15, 0.2) is 5.43 Å². The van der Waals surface area contributed by atoms with E-state index >= 15 is 0 Å². The zero-order chi connectivity index (χ0) is 20.5. The van der Waals surface area contributed by atoms with E-state index in [0.717, 1.165) is 5.56 Å². The molecule has 1 aromatic heterocycles. The molecular formula is C21H20O8. The van der Waals surface area contributed by atoms with Gasteiger partial charge in [0.1, 0.15) is 42.0 Å². The summed E-state index contributed by atoms with van der Waals surface area (Å²) in [7, 11) is 0. The van der Waals surface area contributed by atoms with Crippen molar-refractivity contribution in [3.63, 3.8) is 0 Å². The van der Waals surface area contributed by atoms with E-state index in [1.165, 1.54) is 24.5 Å². The van der Waals surface area contributed by atoms with Crippen molar-refractivity contribution in [3.8, 4) is 16.9 Å². The number of ether oxygens (including phenoxy) is 2. The summed E-state index contributed by atoms with van der Waals surface area (Å²) in [6.45, 7) is -0.556. The third-order valence-electron chi connectivity index (χ3n) is 4.93. The lowest BCUT2D eigenvalue weighted by molar-refractivity contribution is -0.277. The first-order chi connectivity index (χ1) is 14.0. The Balaban J connectivity index is 1.62. The van der Waals surface area contributed by atoms with Crippen LogP contribution in [-0.2, 0) is 4.74 Å². The Morgan fingerprint density at radius 1 is 0.966 bits per heavy atom. The molecule has 0 spiro atoms. The molecule has 1 aliphatic heterocycles. The second kappa shape index (κ2) is 7.94. The number of aliphatic hydroxyl groups is 4. The highest BCUT2D eigenvalue weighted by Crippen LogP contribution is 2.27. The first-order valence-electron chi connectivity index (χ1n) is 9.07. The van der Waals surface area contributed by atoms with Crippen LogP contribution in [0.25, 0.3) is 22.1 Å². The quantitative estimate of drug-likeness (QED) is 0.502. The minimum Gasteiger partial charge on any atom is -0.463 e. The molecule has 152 valence electrons. The molecular weight excluding hydrogens is 380 g/mol. The van der Waals surface area contributed by atoms with Crippen LogP contribution in [0.5, 0.6) is 5.75 Å². The maximum Gasteiger partial charge on any atom is 0.229 e. The molecule has 0 radical (unpaired) electrons. The second-order valence-electron chi connectivity index (χ2n) is 6.82. The number of rotatable bonds is 4. The van der Waals surface area contributed by atoms with Crippen molar-refractivity contribution in [1.82, 2.24) is 0 Å². The molecule has 0 aliphatic carbocycles. The van der Waals surface area contributed by atoms with Gasteiger partial charge in [0.2, 0.25) is 6.29 Å². The van der Waals surface area contributed by atoms with Crippen LogP contribution in [-0.4, -0.2) is 57.7 Å². The lowest BCUT2D eigenvalue weighted by atomic mass is 9.99. The predicted octanol–water partition coefficient (Wildman–Crippen LogP) is 0.639. The van der Waals surface area contributed by atoms with Crippen LogP contribution in [0.15, 0.2) is 64.0 Å². The highest BCUT2D eigenvalue weighted by Gasteiger charge is 2.44. The summed E-state index contributed by atoms with van der Waals surface area (Å²) in [4.78, 5) is 12.8. The Kier molecular flexibility index (Phi) is 5.35. The van der Waals surface area contributed by atoms with Crippen molar-refractivity contribution in [2.75, 3.05) is 6.61 Å². The Morgan fingerprint density at radius 2 is 1.72 bits per heavy atom. The molecule has 1 aliphatic rings. The summed E-state index contributed by atoms with van der Waals surface area (Å²) in [6.07, 6.45) is -5.57. The molecule has 0 amide bonds. The molecule has 8 heteroatoms. The Labute approximate surface area is 165 Å². The van der Waals surface area contributed by atoms with Gasteiger partial charge in [-0.05, 0) is 17.7 Å². The van der Waals surface area contributed by atoms with Crippen LogP contribution in [0, 0.1) is 0 Å². The van der Waals surface area contributed by atoms with Gasteiger partial charge in [-0.15, -0.1) is 0 Å². The maximum atomic E-state index is 12.8. The van der Waals surface area contributed by atoms with Crippen molar-refractivity contribution in [2.24, 2.45) is 0 Å². The Morgan fingerprint density at radius 3 is 2.45 bits per heavy atom. The van der Waals surface area contributed by atoms with Crippen LogP contribution in [0.1, 0.15) is 0 Å². The molecule has 2 heterocycles. The summed E-state index contributed by atoms with van der Waals surface area (Å²) in [5, 5.41) is 39.4. The van der Waals surface area contributed by atoms with E-state index in [4.69, 9.17) is 13.9 Å². The van der Waals surface area contributed by atoms with Crippen molar-refractivity contribution < 1.29 is 34.3 Å². The van der Waals surface area contributed by atoms with Gasteiger partial charge >= 0.3 is 0 Å². The Hall–Kier alpha value is -2.75. The monoisotopic (exact) mass is 400 g/mol. The fourth-order valence-electron chi connectivity index (χ4n) is 3.30. The van der Waals surface area contributed by atoms with Gasteiger partial charge in [-0.25, -0.2) is 0 Å². The molecule has 4 N–H and O–H groups in total. The molecule has 3 aromatic rings. The van der Waals surface area contributed by atoms with Gasteiger partial charge in [0.25, 0.3) is 0 Å². The van der Waals surface area contributed by atoms with Gasteiger partial charge in [0, 0.05) is 6.07 Å². The van der Waals surface area contributed by atoms with E-state index in [0.29, 0.717) is 10.9 Å². The van der Waals surface area contributed by atoms with E-state index in [2.05, 4.69) is 0 Å². The number of fused-ring (bicyclic) bond motifs is 1. The number of hydrogen-bond donors (Lipinski definition) is 4. The van der Waals surface area contributed by atoms with Crippen molar-refractivity contribution in [1.29, 1.82) is 0 Å². The van der Waals surface area contributed by atoms with Crippen LogP contribution in [0.2, 0.25) is 0 Å². The van der Waals surface area contributed by atoms with Gasteiger partial charge in [-0.2, -0.15) is 0 Å². The van der Waals surface area contributed by atoms with Crippen LogP contribution >= 0.6 is 0 Å². The topological polar surface area (TPSA) is 130 Å². The van der Waals surface area contributed by atoms with E-state index in [1.807, 2.05) is 30.3 Å². The molecule has 0 saturated carbocycles. The molecule has 1 saturated heterocycles. The lowest BCUT2D eigenvalue weighted by Gasteiger charge is -2.39. The fourth-order valence-corrected chi connectivity index (χ4v) is 3.30. The fraction of sp³-hybridized carbons (Fsp3) is 0.286. The van der Waals surface area contributed by atoms with Gasteiger partial charge in [-0.3, -0.25) is 4.79 Å². The maximum absolute atomic E-state index is 12.8. The summed E-state index contributed by atoms with van der Waals surface area (Å²) < 4.78 is 16.5. The van der Waals surface area contributed by atoms with E-state index in [1.54, 1.807) is 0 Å². The normalized spacial score (nSPS) is 27.1. The Bertz CT molecular complexity index is 1050. The van der Waals surface area contributed by atoms with Crippen LogP contribution in [0.3, 0.4) is 0 Å². The highest BCUT2D eigenvalue weighted by atomic mass is 16.7. The average molecular weight is 400 g/mol. The second-order valence-corrected chi connectivity index (χ2v) is 6.82. The summed E-state index contributed by atoms with van der Waals surface area (Å²) in [6, 6.07) is 13.7. The predicted molar refractivity (Wildman–Crippen MR) is 102 cm³/mol. The van der Waals surface area contributed by atoms with Crippen molar-refractivity contribution in [2.45, 2.75) is 30.7 Å². The van der Waals surface area contributed by atoms with Crippen molar-refractivity contribution in [3.05, 3.63) is 65.0 Å². The standard InChI is InChI=1S/C21H20O8/c22-9-16-18(24)19(25)20(26)21(29-16)28-12-6-7-13-15(8-12)27-10-14(17(13)23)11-4-2-1-3-5-11/h1-8,10,16,18-22,24-26H,9H2. The summed E-state index contributed by atoms with van der Waals surface area (Å²) in [5.74, 6) is 0.220. The minimum absolute atomic E-state index is 0.197. The number of benzene rings is 2. The molecule has 4 rings (SSSR count). The molecule has 0 bridgehead atoms. The number of hydrogen-bond acceptors (Lipinski definition) is 8. The third-order valence-corrected chi connectivity index (χ3v) is 4.93. The highest BCUT2D eigenvalue weighted by molar-refractivity contribution is 5.82. The molecule has 29 heavy (non-hydrogen) atoms. The van der Waals surface area contributed by atoms with Crippen molar-refractivity contribution >= 4 is 11.0 Å². The molecule has 8 nitrogen and oxygen atoms in total. The zero-order valence-corrected chi connectivity index (χ0v) is 15.2. The summed E-state index contributed by atoms with van der Waals surface area (Å²) >= 11 is 0. The number of aliphatic hydroxyl groups excluding tert-OH is 4. The van der Waals surface area contributed by atoms with E-state index in [9.17, 15) is 25.2 Å². The lowest BCUT2D eigenvalue weighted by Crippen LogP contribution is -2.60. The van der Waals surface area contributed by atoms with Gasteiger partial charge < -0.3 is 34.3 Å².